The molecule has 3 fully saturated rings. The molecule has 2 unspecified atom stereocenters. The van der Waals surface area contributed by atoms with E-state index < -0.39 is 0 Å². The molecule has 3 heteroatoms. The molecule has 0 aromatic rings. The number of rotatable bonds is 5. The van der Waals surface area contributed by atoms with Crippen molar-refractivity contribution >= 4 is 0 Å². The third kappa shape index (κ3) is 3.61. The molecule has 0 spiro atoms. The first-order valence-corrected chi connectivity index (χ1v) is 11.3. The molecule has 0 bridgehead atoms. The number of nitrogens with zero attached hydrogens (tertiary/aromatic N) is 3. The number of hydrogen-bond donors (Lipinski definition) is 0. The lowest BCUT2D eigenvalue weighted by molar-refractivity contribution is -0.0475. The van der Waals surface area contributed by atoms with E-state index in [2.05, 4.69) is 70.1 Å². The van der Waals surface area contributed by atoms with E-state index in [1.54, 1.807) is 0 Å². The Hall–Kier alpha value is -0.120. The molecule has 0 N–H and O–H groups in total. The molecule has 3 nitrogen and oxygen atoms in total. The number of hydrogen-bond acceptors (Lipinski definition) is 3. The fourth-order valence-electron chi connectivity index (χ4n) is 5.81. The minimum Gasteiger partial charge on any atom is -0.300 e. The van der Waals surface area contributed by atoms with Crippen molar-refractivity contribution in [2.45, 2.75) is 85.4 Å². The molecule has 26 heavy (non-hydrogen) atoms. The molecule has 2 atom stereocenters. The monoisotopic (exact) mass is 363 g/mol. The van der Waals surface area contributed by atoms with Crippen molar-refractivity contribution in [2.75, 3.05) is 39.3 Å². The topological polar surface area (TPSA) is 9.72 Å². The van der Waals surface area contributed by atoms with Gasteiger partial charge in [0.2, 0.25) is 0 Å². The molecule has 0 radical (unpaired) electrons. The summed E-state index contributed by atoms with van der Waals surface area (Å²) in [5.41, 5.74) is 0.454. The van der Waals surface area contributed by atoms with Crippen LogP contribution in [-0.4, -0.2) is 71.1 Å². The lowest BCUT2D eigenvalue weighted by Gasteiger charge is -2.55. The summed E-state index contributed by atoms with van der Waals surface area (Å²) in [5.74, 6) is 3.55. The van der Waals surface area contributed by atoms with Crippen LogP contribution in [0.5, 0.6) is 0 Å². The summed E-state index contributed by atoms with van der Waals surface area (Å²) in [7, 11) is 0. The third-order valence-electron chi connectivity index (χ3n) is 8.81. The number of fused-ring (bicyclic) bond motifs is 1. The predicted molar refractivity (Wildman–Crippen MR) is 113 cm³/mol. The number of likely N-dealkylation sites (tertiary alicyclic amines) is 3. The maximum atomic E-state index is 2.84. The van der Waals surface area contributed by atoms with Crippen molar-refractivity contribution in [3.63, 3.8) is 0 Å². The van der Waals surface area contributed by atoms with Gasteiger partial charge in [0, 0.05) is 43.3 Å². The molecule has 3 rings (SSSR count). The Balaban J connectivity index is 1.63. The third-order valence-corrected chi connectivity index (χ3v) is 8.81. The zero-order valence-electron chi connectivity index (χ0n) is 18.9. The molecule has 152 valence electrons. The smallest absolute Gasteiger partial charge is 0.0331 e. The van der Waals surface area contributed by atoms with Crippen LogP contribution < -0.4 is 0 Å². The normalized spacial score (nSPS) is 30.7. The Morgan fingerprint density at radius 2 is 1.15 bits per heavy atom. The van der Waals surface area contributed by atoms with Gasteiger partial charge in [-0.05, 0) is 91.1 Å². The summed E-state index contributed by atoms with van der Waals surface area (Å²) < 4.78 is 0. The van der Waals surface area contributed by atoms with E-state index >= 15 is 0 Å². The molecule has 0 amide bonds. The van der Waals surface area contributed by atoms with Crippen LogP contribution in [0.3, 0.4) is 0 Å². The Kier molecular flexibility index (Phi) is 5.84. The van der Waals surface area contributed by atoms with Crippen LogP contribution in [0.15, 0.2) is 0 Å². The summed E-state index contributed by atoms with van der Waals surface area (Å²) in [4.78, 5) is 8.34. The Morgan fingerprint density at radius 3 is 1.58 bits per heavy atom. The van der Waals surface area contributed by atoms with Gasteiger partial charge in [-0.1, -0.05) is 13.8 Å². The SMILES string of the molecule is CC(C)C1CCN(C(C)(C)C(C)(C)N2CC3CN(C(C)C)CC3C2)CC1. The average molecular weight is 364 g/mol. The molecular formula is C23H45N3. The largest absolute Gasteiger partial charge is 0.300 e. The predicted octanol–water partition coefficient (Wildman–Crippen LogP) is 4.18. The van der Waals surface area contributed by atoms with Gasteiger partial charge >= 0.3 is 0 Å². The van der Waals surface area contributed by atoms with E-state index in [1.165, 1.54) is 52.1 Å². The van der Waals surface area contributed by atoms with Gasteiger partial charge in [-0.25, -0.2) is 0 Å². The van der Waals surface area contributed by atoms with Gasteiger partial charge in [0.25, 0.3) is 0 Å². The Bertz CT molecular complexity index is 460. The van der Waals surface area contributed by atoms with Crippen molar-refractivity contribution in [2.24, 2.45) is 23.7 Å². The maximum absolute atomic E-state index is 2.84. The first-order valence-electron chi connectivity index (χ1n) is 11.3. The van der Waals surface area contributed by atoms with Crippen molar-refractivity contribution in [3.8, 4) is 0 Å². The Labute approximate surface area is 163 Å². The summed E-state index contributed by atoms with van der Waals surface area (Å²) in [6.07, 6.45) is 2.76. The van der Waals surface area contributed by atoms with Crippen molar-refractivity contribution in [1.82, 2.24) is 14.7 Å². The minimum atomic E-state index is 0.227. The van der Waals surface area contributed by atoms with Crippen molar-refractivity contribution in [3.05, 3.63) is 0 Å². The number of piperidine rings is 1. The summed E-state index contributed by atoms with van der Waals surface area (Å²) >= 11 is 0. The second-order valence-electron chi connectivity index (χ2n) is 11.2. The zero-order chi connectivity index (χ0) is 19.3. The van der Waals surface area contributed by atoms with Crippen LogP contribution >= 0.6 is 0 Å². The lowest BCUT2D eigenvalue weighted by Crippen LogP contribution is -2.66. The zero-order valence-corrected chi connectivity index (χ0v) is 18.9. The van der Waals surface area contributed by atoms with Crippen molar-refractivity contribution in [1.29, 1.82) is 0 Å². The van der Waals surface area contributed by atoms with Gasteiger partial charge in [-0.15, -0.1) is 0 Å². The lowest BCUT2D eigenvalue weighted by atomic mass is 9.77. The van der Waals surface area contributed by atoms with Crippen molar-refractivity contribution < 1.29 is 0 Å². The molecule has 3 aliphatic heterocycles. The molecule has 3 aliphatic rings. The molecule has 0 saturated carbocycles. The highest BCUT2D eigenvalue weighted by Gasteiger charge is 2.51. The first kappa shape index (κ1) is 20.6. The molecule has 0 aromatic carbocycles. The molecule has 3 heterocycles. The van der Waals surface area contributed by atoms with Crippen LogP contribution in [0, 0.1) is 23.7 Å². The van der Waals surface area contributed by atoms with Gasteiger partial charge in [0.15, 0.2) is 0 Å². The standard InChI is InChI=1S/C23H45N3/c1-17(2)19-9-11-25(12-10-19)22(5,6)23(7,8)26-15-20-13-24(18(3)4)14-21(20)16-26/h17-21H,9-16H2,1-8H3. The van der Waals surface area contributed by atoms with Crippen LogP contribution in [0.1, 0.15) is 68.2 Å². The first-order chi connectivity index (χ1) is 12.0. The van der Waals surface area contributed by atoms with Crippen LogP contribution in [0.2, 0.25) is 0 Å². The van der Waals surface area contributed by atoms with Crippen LogP contribution in [0.25, 0.3) is 0 Å². The minimum absolute atomic E-state index is 0.227. The van der Waals surface area contributed by atoms with Gasteiger partial charge in [-0.2, -0.15) is 0 Å². The van der Waals surface area contributed by atoms with Crippen LogP contribution in [0.4, 0.5) is 0 Å². The van der Waals surface area contributed by atoms with E-state index in [4.69, 9.17) is 0 Å². The fourth-order valence-corrected chi connectivity index (χ4v) is 5.81. The second-order valence-corrected chi connectivity index (χ2v) is 11.2. The summed E-state index contributed by atoms with van der Waals surface area (Å²) in [6.45, 7) is 27.4. The highest BCUT2D eigenvalue weighted by atomic mass is 15.3. The van der Waals surface area contributed by atoms with E-state index in [-0.39, 0.29) is 11.1 Å². The summed E-state index contributed by atoms with van der Waals surface area (Å²) in [5, 5.41) is 0. The van der Waals surface area contributed by atoms with Gasteiger partial charge < -0.3 is 4.90 Å². The Morgan fingerprint density at radius 1 is 0.692 bits per heavy atom. The van der Waals surface area contributed by atoms with E-state index in [0.717, 1.165) is 23.7 Å². The van der Waals surface area contributed by atoms with E-state index in [1.807, 2.05) is 0 Å². The summed E-state index contributed by atoms with van der Waals surface area (Å²) in [6, 6.07) is 0.709. The van der Waals surface area contributed by atoms with E-state index in [0.29, 0.717) is 6.04 Å². The molecular weight excluding hydrogens is 318 g/mol. The van der Waals surface area contributed by atoms with Gasteiger partial charge in [0.05, 0.1) is 0 Å². The fraction of sp³-hybridized carbons (Fsp3) is 1.00. The second kappa shape index (κ2) is 7.37. The van der Waals surface area contributed by atoms with Gasteiger partial charge in [-0.3, -0.25) is 9.80 Å². The highest BCUT2D eigenvalue weighted by molar-refractivity contribution is 5.08. The highest BCUT2D eigenvalue weighted by Crippen LogP contribution is 2.42. The molecule has 0 aliphatic carbocycles. The van der Waals surface area contributed by atoms with Gasteiger partial charge in [0.1, 0.15) is 0 Å². The molecule has 0 aromatic heterocycles. The van der Waals surface area contributed by atoms with E-state index in [9.17, 15) is 0 Å². The van der Waals surface area contributed by atoms with Crippen LogP contribution in [-0.2, 0) is 0 Å². The molecule has 3 saturated heterocycles. The quantitative estimate of drug-likeness (QED) is 0.725. The maximum Gasteiger partial charge on any atom is 0.0331 e. The average Bonchev–Trinajstić information content (AvgIpc) is 3.14.